The second-order valence-electron chi connectivity index (χ2n) is 9.45. The Morgan fingerprint density at radius 3 is 2.66 bits per heavy atom. The summed E-state index contributed by atoms with van der Waals surface area (Å²) in [4.78, 5) is 41.0. The largest absolute Gasteiger partial charge is 0.344 e. The average molecular weight is 491 g/mol. The van der Waals surface area contributed by atoms with E-state index in [9.17, 15) is 14.4 Å². The van der Waals surface area contributed by atoms with Gasteiger partial charge in [-0.25, -0.2) is 0 Å². The molecule has 3 aromatic rings. The van der Waals surface area contributed by atoms with E-state index in [4.69, 9.17) is 5.73 Å². The number of benzene rings is 2. The van der Waals surface area contributed by atoms with Gasteiger partial charge in [0.05, 0.1) is 6.54 Å². The lowest BCUT2D eigenvalue weighted by Crippen LogP contribution is -2.49. The van der Waals surface area contributed by atoms with Crippen LogP contribution in [0.15, 0.2) is 60.7 Å². The van der Waals surface area contributed by atoms with Crippen molar-refractivity contribution in [3.63, 3.8) is 0 Å². The predicted octanol–water partition coefficient (Wildman–Crippen LogP) is 4.08. The van der Waals surface area contributed by atoms with Crippen molar-refractivity contribution in [3.8, 4) is 10.4 Å². The fourth-order valence-electron chi connectivity index (χ4n) is 4.32. The smallest absolute Gasteiger partial charge is 0.249 e. The zero-order valence-electron chi connectivity index (χ0n) is 19.9. The predicted molar refractivity (Wildman–Crippen MR) is 140 cm³/mol. The molecule has 2 heterocycles. The lowest BCUT2D eigenvalue weighted by Gasteiger charge is -2.27. The lowest BCUT2D eigenvalue weighted by molar-refractivity contribution is -0.128. The molecule has 4 N–H and O–H groups in total. The van der Waals surface area contributed by atoms with E-state index >= 15 is 0 Å². The van der Waals surface area contributed by atoms with Gasteiger partial charge >= 0.3 is 0 Å². The molecule has 182 valence electrons. The number of anilines is 2. The van der Waals surface area contributed by atoms with Crippen LogP contribution in [0.25, 0.3) is 10.4 Å². The molecule has 0 saturated heterocycles. The molecule has 7 nitrogen and oxygen atoms in total. The second kappa shape index (κ2) is 10.4. The third-order valence-electron chi connectivity index (χ3n) is 5.88. The molecule has 1 aromatic heterocycles. The van der Waals surface area contributed by atoms with Crippen LogP contribution in [0, 0.1) is 0 Å². The Hall–Kier alpha value is -3.49. The van der Waals surface area contributed by atoms with Gasteiger partial charge in [-0.15, -0.1) is 11.3 Å². The number of nitrogens with one attached hydrogen (secondary N) is 2. The zero-order valence-corrected chi connectivity index (χ0v) is 20.7. The molecule has 35 heavy (non-hydrogen) atoms. The summed E-state index contributed by atoms with van der Waals surface area (Å²) in [5.74, 6) is -0.351. The SMILES string of the molecule is CC(C)(N)CC(=O)N[C@@H]1CCc2ccccc2N(Cc2ccc(-c3ccccc3NC=O)s2)C1=O. The Kier molecular flexibility index (Phi) is 7.33. The number of para-hydroxylation sites is 2. The maximum Gasteiger partial charge on any atom is 0.249 e. The number of aryl methyl sites for hydroxylation is 1. The number of thiophene rings is 1. The summed E-state index contributed by atoms with van der Waals surface area (Å²) >= 11 is 1.57. The molecule has 1 aliphatic heterocycles. The number of carbonyl (C=O) groups excluding carboxylic acids is 3. The molecule has 0 radical (unpaired) electrons. The minimum atomic E-state index is -0.650. The molecule has 0 spiro atoms. The van der Waals surface area contributed by atoms with Gasteiger partial charge in [-0.3, -0.25) is 14.4 Å². The minimum Gasteiger partial charge on any atom is -0.344 e. The van der Waals surface area contributed by atoms with Crippen molar-refractivity contribution in [1.82, 2.24) is 5.32 Å². The summed E-state index contributed by atoms with van der Waals surface area (Å²) in [7, 11) is 0. The first kappa shape index (κ1) is 24.6. The summed E-state index contributed by atoms with van der Waals surface area (Å²) in [5.41, 5.74) is 8.96. The average Bonchev–Trinajstić information content (AvgIpc) is 3.23. The Bertz CT molecular complexity index is 1230. The second-order valence-corrected chi connectivity index (χ2v) is 10.6. The van der Waals surface area contributed by atoms with E-state index in [-0.39, 0.29) is 18.2 Å². The molecule has 3 amide bonds. The van der Waals surface area contributed by atoms with Crippen LogP contribution in [-0.4, -0.2) is 29.8 Å². The van der Waals surface area contributed by atoms with E-state index in [0.29, 0.717) is 25.8 Å². The quantitative estimate of drug-likeness (QED) is 0.414. The fraction of sp³-hybridized carbons (Fsp3) is 0.296. The third-order valence-corrected chi connectivity index (χ3v) is 6.99. The van der Waals surface area contributed by atoms with Gasteiger partial charge < -0.3 is 21.3 Å². The molecular formula is C27H30N4O3S. The number of hydrogen-bond acceptors (Lipinski definition) is 5. The van der Waals surface area contributed by atoms with E-state index in [1.165, 1.54) is 0 Å². The number of nitrogens with zero attached hydrogens (tertiary/aromatic N) is 1. The molecule has 0 bridgehead atoms. The Morgan fingerprint density at radius 2 is 1.89 bits per heavy atom. The summed E-state index contributed by atoms with van der Waals surface area (Å²) in [6, 6.07) is 18.9. The molecule has 0 aliphatic carbocycles. The van der Waals surface area contributed by atoms with Crippen molar-refractivity contribution in [2.24, 2.45) is 5.73 Å². The minimum absolute atomic E-state index is 0.129. The molecule has 0 saturated carbocycles. The van der Waals surface area contributed by atoms with Gasteiger partial charge in [0.25, 0.3) is 0 Å². The normalized spacial score (nSPS) is 15.8. The van der Waals surface area contributed by atoms with E-state index < -0.39 is 11.6 Å². The monoisotopic (exact) mass is 490 g/mol. The van der Waals surface area contributed by atoms with Crippen LogP contribution in [0.3, 0.4) is 0 Å². The first-order valence-electron chi connectivity index (χ1n) is 11.6. The molecular weight excluding hydrogens is 460 g/mol. The summed E-state index contributed by atoms with van der Waals surface area (Å²) in [6.07, 6.45) is 2.03. The first-order valence-corrected chi connectivity index (χ1v) is 12.4. The van der Waals surface area contributed by atoms with Crippen LogP contribution in [0.1, 0.15) is 37.1 Å². The summed E-state index contributed by atoms with van der Waals surface area (Å²) < 4.78 is 0. The fourth-order valence-corrected chi connectivity index (χ4v) is 5.36. The van der Waals surface area contributed by atoms with Crippen LogP contribution in [0.5, 0.6) is 0 Å². The molecule has 1 aliphatic rings. The van der Waals surface area contributed by atoms with Gasteiger partial charge in [0.1, 0.15) is 6.04 Å². The van der Waals surface area contributed by atoms with E-state index in [0.717, 1.165) is 32.3 Å². The summed E-state index contributed by atoms with van der Waals surface area (Å²) in [6.45, 7) is 3.97. The Morgan fingerprint density at radius 1 is 1.14 bits per heavy atom. The highest BCUT2D eigenvalue weighted by Gasteiger charge is 2.32. The van der Waals surface area contributed by atoms with Crippen LogP contribution < -0.4 is 21.3 Å². The molecule has 0 fully saturated rings. The highest BCUT2D eigenvalue weighted by molar-refractivity contribution is 7.15. The number of rotatable bonds is 8. The van der Waals surface area contributed by atoms with Gasteiger partial charge in [0.2, 0.25) is 18.2 Å². The van der Waals surface area contributed by atoms with Crippen molar-refractivity contribution in [1.29, 1.82) is 0 Å². The number of fused-ring (bicyclic) bond motifs is 1. The standard InChI is InChI=1S/C27H30N4O3S/c1-27(2,28)15-25(33)30-22-13-11-18-7-3-6-10-23(18)31(26(22)34)16-19-12-14-24(35-19)20-8-4-5-9-21(20)29-17-32/h3-10,12,14,17,22H,11,13,15-16,28H2,1-2H3,(H,29,32)(H,30,33)/t22-/m1/s1. The zero-order chi connectivity index (χ0) is 25.0. The number of nitrogens with two attached hydrogens (primary N) is 1. The van der Waals surface area contributed by atoms with Crippen molar-refractivity contribution >= 4 is 40.9 Å². The topological polar surface area (TPSA) is 105 Å². The van der Waals surface area contributed by atoms with Gasteiger partial charge in [-0.2, -0.15) is 0 Å². The van der Waals surface area contributed by atoms with Gasteiger partial charge in [-0.05, 0) is 56.5 Å². The van der Waals surface area contributed by atoms with Crippen molar-refractivity contribution in [2.75, 3.05) is 10.2 Å². The van der Waals surface area contributed by atoms with Crippen molar-refractivity contribution in [2.45, 2.75) is 51.2 Å². The molecule has 0 unspecified atom stereocenters. The molecule has 8 heteroatoms. The van der Waals surface area contributed by atoms with E-state index in [1.54, 1.807) is 30.1 Å². The number of amides is 3. The van der Waals surface area contributed by atoms with Gasteiger partial charge in [-0.1, -0.05) is 36.4 Å². The lowest BCUT2D eigenvalue weighted by atomic mass is 10.0. The third kappa shape index (κ3) is 5.96. The van der Waals surface area contributed by atoms with Gasteiger partial charge in [0.15, 0.2) is 0 Å². The molecule has 2 aromatic carbocycles. The number of carbonyl (C=O) groups is 3. The first-order chi connectivity index (χ1) is 16.7. The summed E-state index contributed by atoms with van der Waals surface area (Å²) in [5, 5.41) is 5.67. The van der Waals surface area contributed by atoms with Crippen LogP contribution >= 0.6 is 11.3 Å². The van der Waals surface area contributed by atoms with Crippen LogP contribution in [0.2, 0.25) is 0 Å². The highest BCUT2D eigenvalue weighted by atomic mass is 32.1. The van der Waals surface area contributed by atoms with E-state index in [1.807, 2.05) is 60.7 Å². The molecule has 1 atom stereocenters. The van der Waals surface area contributed by atoms with E-state index in [2.05, 4.69) is 10.6 Å². The maximum absolute atomic E-state index is 13.7. The maximum atomic E-state index is 13.7. The Labute approximate surface area is 209 Å². The van der Waals surface area contributed by atoms with Gasteiger partial charge in [0, 0.05) is 38.7 Å². The van der Waals surface area contributed by atoms with Crippen LogP contribution in [0.4, 0.5) is 11.4 Å². The Balaban J connectivity index is 1.60. The highest BCUT2D eigenvalue weighted by Crippen LogP contribution is 2.35. The van der Waals surface area contributed by atoms with Crippen molar-refractivity contribution in [3.05, 3.63) is 71.1 Å². The van der Waals surface area contributed by atoms with Crippen molar-refractivity contribution < 1.29 is 14.4 Å². The van der Waals surface area contributed by atoms with Crippen LogP contribution in [-0.2, 0) is 27.3 Å². The number of hydrogen-bond donors (Lipinski definition) is 3. The molecule has 4 rings (SSSR count).